The third-order valence-corrected chi connectivity index (χ3v) is 3.79. The first-order chi connectivity index (χ1) is 8.33. The largest absolute Gasteiger partial charge is 0.355 e. The molecule has 4 heteroatoms. The predicted octanol–water partition coefficient (Wildman–Crippen LogP) is 3.47. The summed E-state index contributed by atoms with van der Waals surface area (Å²) in [6, 6.07) is 6.28. The SMILES string of the molecule is CCCNCc1cc(-c2ccc(CC)s2)on1. The molecule has 1 N–H and O–H groups in total. The molecule has 17 heavy (non-hydrogen) atoms. The van der Waals surface area contributed by atoms with E-state index in [1.54, 1.807) is 11.3 Å². The van der Waals surface area contributed by atoms with Crippen molar-refractivity contribution in [1.29, 1.82) is 0 Å². The number of aromatic nitrogens is 1. The Morgan fingerprint density at radius 1 is 1.35 bits per heavy atom. The summed E-state index contributed by atoms with van der Waals surface area (Å²) < 4.78 is 5.36. The number of aryl methyl sites for hydroxylation is 1. The third kappa shape index (κ3) is 3.17. The molecule has 0 aliphatic carbocycles. The molecule has 3 nitrogen and oxygen atoms in total. The standard InChI is InChI=1S/C13H18N2OS/c1-3-7-14-9-10-8-12(16-15-10)13-6-5-11(4-2)17-13/h5-6,8,14H,3-4,7,9H2,1-2H3. The number of nitrogens with zero attached hydrogens (tertiary/aromatic N) is 1. The van der Waals surface area contributed by atoms with Crippen molar-refractivity contribution >= 4 is 11.3 Å². The Morgan fingerprint density at radius 3 is 2.94 bits per heavy atom. The molecule has 0 amide bonds. The number of rotatable bonds is 6. The second-order valence-electron chi connectivity index (χ2n) is 3.98. The van der Waals surface area contributed by atoms with E-state index in [0.29, 0.717) is 0 Å². The lowest BCUT2D eigenvalue weighted by Gasteiger charge is -1.96. The van der Waals surface area contributed by atoms with E-state index in [-0.39, 0.29) is 0 Å². The summed E-state index contributed by atoms with van der Waals surface area (Å²) in [4.78, 5) is 2.54. The van der Waals surface area contributed by atoms with E-state index in [4.69, 9.17) is 4.52 Å². The first-order valence-corrected chi connectivity index (χ1v) is 6.90. The zero-order chi connectivity index (χ0) is 12.1. The van der Waals surface area contributed by atoms with E-state index in [2.05, 4.69) is 36.5 Å². The molecule has 2 aromatic rings. The zero-order valence-electron chi connectivity index (χ0n) is 10.3. The summed E-state index contributed by atoms with van der Waals surface area (Å²) in [5.74, 6) is 0.878. The van der Waals surface area contributed by atoms with Crippen LogP contribution in [0.4, 0.5) is 0 Å². The van der Waals surface area contributed by atoms with Crippen molar-refractivity contribution in [2.75, 3.05) is 6.54 Å². The molecular formula is C13H18N2OS. The fourth-order valence-electron chi connectivity index (χ4n) is 1.60. The lowest BCUT2D eigenvalue weighted by atomic mass is 10.3. The van der Waals surface area contributed by atoms with Gasteiger partial charge in [0.05, 0.1) is 10.6 Å². The van der Waals surface area contributed by atoms with Crippen LogP contribution in [0.5, 0.6) is 0 Å². The van der Waals surface area contributed by atoms with Crippen LogP contribution in [-0.4, -0.2) is 11.7 Å². The van der Waals surface area contributed by atoms with Gasteiger partial charge in [0.1, 0.15) is 0 Å². The number of nitrogens with one attached hydrogen (secondary N) is 1. The average Bonchev–Trinajstić information content (AvgIpc) is 2.97. The lowest BCUT2D eigenvalue weighted by molar-refractivity contribution is 0.421. The van der Waals surface area contributed by atoms with Gasteiger partial charge in [-0.1, -0.05) is 19.0 Å². The van der Waals surface area contributed by atoms with Crippen LogP contribution >= 0.6 is 11.3 Å². The first-order valence-electron chi connectivity index (χ1n) is 6.09. The molecule has 0 aliphatic heterocycles. The van der Waals surface area contributed by atoms with Gasteiger partial charge >= 0.3 is 0 Å². The Labute approximate surface area is 106 Å². The van der Waals surface area contributed by atoms with E-state index < -0.39 is 0 Å². The van der Waals surface area contributed by atoms with Gasteiger partial charge < -0.3 is 9.84 Å². The van der Waals surface area contributed by atoms with E-state index in [1.807, 2.05) is 6.07 Å². The van der Waals surface area contributed by atoms with Gasteiger partial charge in [-0.25, -0.2) is 0 Å². The van der Waals surface area contributed by atoms with Gasteiger partial charge in [-0.2, -0.15) is 0 Å². The van der Waals surface area contributed by atoms with Crippen LogP contribution in [0.2, 0.25) is 0 Å². The lowest BCUT2D eigenvalue weighted by Crippen LogP contribution is -2.13. The van der Waals surface area contributed by atoms with Crippen molar-refractivity contribution in [3.05, 3.63) is 28.8 Å². The van der Waals surface area contributed by atoms with Crippen LogP contribution < -0.4 is 5.32 Å². The molecule has 0 radical (unpaired) electrons. The molecule has 0 fully saturated rings. The molecule has 0 spiro atoms. The summed E-state index contributed by atoms with van der Waals surface area (Å²) in [6.45, 7) is 6.11. The minimum absolute atomic E-state index is 0.781. The van der Waals surface area contributed by atoms with E-state index in [9.17, 15) is 0 Å². The van der Waals surface area contributed by atoms with Crippen molar-refractivity contribution in [2.45, 2.75) is 33.2 Å². The highest BCUT2D eigenvalue weighted by Crippen LogP contribution is 2.28. The maximum Gasteiger partial charge on any atom is 0.177 e. The van der Waals surface area contributed by atoms with Gasteiger partial charge in [0.2, 0.25) is 0 Å². The van der Waals surface area contributed by atoms with Crippen LogP contribution in [0.1, 0.15) is 30.8 Å². The van der Waals surface area contributed by atoms with Gasteiger partial charge in [0.15, 0.2) is 5.76 Å². The first kappa shape index (κ1) is 12.3. The molecule has 0 atom stereocenters. The van der Waals surface area contributed by atoms with Crippen molar-refractivity contribution in [3.8, 4) is 10.6 Å². The maximum absolute atomic E-state index is 5.36. The van der Waals surface area contributed by atoms with Gasteiger partial charge in [0, 0.05) is 17.5 Å². The van der Waals surface area contributed by atoms with Gasteiger partial charge in [-0.3, -0.25) is 0 Å². The number of hydrogen-bond donors (Lipinski definition) is 1. The minimum atomic E-state index is 0.781. The second-order valence-corrected chi connectivity index (χ2v) is 5.15. The molecular weight excluding hydrogens is 232 g/mol. The fourth-order valence-corrected chi connectivity index (χ4v) is 2.50. The van der Waals surface area contributed by atoms with E-state index in [0.717, 1.165) is 42.3 Å². The van der Waals surface area contributed by atoms with Crippen LogP contribution in [0.15, 0.2) is 22.7 Å². The Morgan fingerprint density at radius 2 is 2.24 bits per heavy atom. The number of hydrogen-bond acceptors (Lipinski definition) is 4. The highest BCUT2D eigenvalue weighted by atomic mass is 32.1. The Hall–Kier alpha value is -1.13. The summed E-state index contributed by atoms with van der Waals surface area (Å²) in [5, 5.41) is 7.38. The minimum Gasteiger partial charge on any atom is -0.355 e. The van der Waals surface area contributed by atoms with Crippen LogP contribution in [0, 0.1) is 0 Å². The van der Waals surface area contributed by atoms with Gasteiger partial charge in [-0.15, -0.1) is 11.3 Å². The molecule has 2 aromatic heterocycles. The van der Waals surface area contributed by atoms with Crippen LogP contribution in [0.3, 0.4) is 0 Å². The normalized spacial score (nSPS) is 10.9. The molecule has 92 valence electrons. The quantitative estimate of drug-likeness (QED) is 0.798. The molecule has 0 unspecified atom stereocenters. The molecule has 0 saturated carbocycles. The highest BCUT2D eigenvalue weighted by molar-refractivity contribution is 7.15. The topological polar surface area (TPSA) is 38.1 Å². The molecule has 2 heterocycles. The van der Waals surface area contributed by atoms with E-state index >= 15 is 0 Å². The molecule has 0 aliphatic rings. The Bertz CT molecular complexity index is 461. The zero-order valence-corrected chi connectivity index (χ0v) is 11.1. The van der Waals surface area contributed by atoms with Crippen molar-refractivity contribution in [3.63, 3.8) is 0 Å². The van der Waals surface area contributed by atoms with Gasteiger partial charge in [-0.05, 0) is 31.5 Å². The highest BCUT2D eigenvalue weighted by Gasteiger charge is 2.08. The monoisotopic (exact) mass is 250 g/mol. The Balaban J connectivity index is 2.02. The van der Waals surface area contributed by atoms with Crippen LogP contribution in [0.25, 0.3) is 10.6 Å². The fraction of sp³-hybridized carbons (Fsp3) is 0.462. The van der Waals surface area contributed by atoms with Gasteiger partial charge in [0.25, 0.3) is 0 Å². The number of thiophene rings is 1. The van der Waals surface area contributed by atoms with Crippen molar-refractivity contribution in [1.82, 2.24) is 10.5 Å². The van der Waals surface area contributed by atoms with Crippen molar-refractivity contribution in [2.24, 2.45) is 0 Å². The van der Waals surface area contributed by atoms with Crippen molar-refractivity contribution < 1.29 is 4.52 Å². The average molecular weight is 250 g/mol. The smallest absolute Gasteiger partial charge is 0.177 e. The predicted molar refractivity (Wildman–Crippen MR) is 71.2 cm³/mol. The van der Waals surface area contributed by atoms with E-state index in [1.165, 1.54) is 4.88 Å². The summed E-state index contributed by atoms with van der Waals surface area (Å²) in [6.07, 6.45) is 2.21. The molecule has 0 bridgehead atoms. The third-order valence-electron chi connectivity index (χ3n) is 2.54. The summed E-state index contributed by atoms with van der Waals surface area (Å²) in [7, 11) is 0. The second kappa shape index (κ2) is 5.98. The Kier molecular flexibility index (Phi) is 4.34. The summed E-state index contributed by atoms with van der Waals surface area (Å²) in [5.41, 5.74) is 0.972. The maximum atomic E-state index is 5.36. The van der Waals surface area contributed by atoms with Crippen LogP contribution in [-0.2, 0) is 13.0 Å². The summed E-state index contributed by atoms with van der Waals surface area (Å²) >= 11 is 1.77. The molecule has 0 saturated heterocycles. The molecule has 2 rings (SSSR count). The molecule has 0 aromatic carbocycles.